The lowest BCUT2D eigenvalue weighted by Gasteiger charge is -2.30. The van der Waals surface area contributed by atoms with Crippen LogP contribution in [0.1, 0.15) is 39.8 Å². The van der Waals surface area contributed by atoms with E-state index in [-0.39, 0.29) is 11.9 Å². The fourth-order valence-corrected chi connectivity index (χ4v) is 3.67. The number of nitrogens with zero attached hydrogens (tertiary/aromatic N) is 3. The zero-order chi connectivity index (χ0) is 19.6. The average molecular weight is 370 g/mol. The van der Waals surface area contributed by atoms with Crippen molar-refractivity contribution < 1.29 is 9.53 Å². The fraction of sp³-hybridized carbons (Fsp3) is 0.524. The van der Waals surface area contributed by atoms with Crippen LogP contribution >= 0.6 is 0 Å². The molecule has 146 valence electrons. The minimum atomic E-state index is -0.0313. The molecule has 1 atom stereocenters. The monoisotopic (exact) mass is 370 g/mol. The summed E-state index contributed by atoms with van der Waals surface area (Å²) < 4.78 is 7.34. The molecule has 6 nitrogen and oxygen atoms in total. The molecule has 1 amide bonds. The van der Waals surface area contributed by atoms with Crippen LogP contribution in [0.3, 0.4) is 0 Å². The Morgan fingerprint density at radius 2 is 1.96 bits per heavy atom. The maximum Gasteiger partial charge on any atom is 0.251 e. The molecule has 0 spiro atoms. The highest BCUT2D eigenvalue weighted by Crippen LogP contribution is 2.23. The number of hydrogen-bond donors (Lipinski definition) is 1. The molecule has 1 aliphatic rings. The quantitative estimate of drug-likeness (QED) is 0.879. The summed E-state index contributed by atoms with van der Waals surface area (Å²) >= 11 is 0. The number of carbonyl (C=O) groups is 1. The van der Waals surface area contributed by atoms with Crippen LogP contribution < -0.4 is 10.2 Å². The number of nitrogens with one attached hydrogen (secondary N) is 1. The summed E-state index contributed by atoms with van der Waals surface area (Å²) in [7, 11) is 1.95. The highest BCUT2D eigenvalue weighted by Gasteiger charge is 2.18. The summed E-state index contributed by atoms with van der Waals surface area (Å²) in [4.78, 5) is 15.1. The topological polar surface area (TPSA) is 59.4 Å². The maximum absolute atomic E-state index is 12.8. The first-order valence-corrected chi connectivity index (χ1v) is 9.60. The van der Waals surface area contributed by atoms with Gasteiger partial charge in [0.25, 0.3) is 5.91 Å². The van der Waals surface area contributed by atoms with Crippen LogP contribution in [0.4, 0.5) is 5.69 Å². The number of hydrogen-bond acceptors (Lipinski definition) is 4. The van der Waals surface area contributed by atoms with Crippen molar-refractivity contribution >= 4 is 11.6 Å². The van der Waals surface area contributed by atoms with E-state index >= 15 is 0 Å². The van der Waals surface area contributed by atoms with E-state index in [0.717, 1.165) is 49.8 Å². The summed E-state index contributed by atoms with van der Waals surface area (Å²) in [6.07, 6.45) is 0.777. The number of benzene rings is 1. The van der Waals surface area contributed by atoms with Crippen LogP contribution in [0, 0.1) is 20.8 Å². The number of rotatable bonds is 5. The minimum Gasteiger partial charge on any atom is -0.378 e. The normalized spacial score (nSPS) is 15.7. The van der Waals surface area contributed by atoms with Crippen LogP contribution in [-0.4, -0.2) is 48.0 Å². The number of aryl methyl sites for hydroxylation is 3. The van der Waals surface area contributed by atoms with Crippen molar-refractivity contribution in [2.24, 2.45) is 7.05 Å². The molecule has 1 saturated heterocycles. The fourth-order valence-electron chi connectivity index (χ4n) is 3.67. The minimum absolute atomic E-state index is 0.0313. The van der Waals surface area contributed by atoms with Gasteiger partial charge in [0, 0.05) is 43.1 Å². The van der Waals surface area contributed by atoms with Gasteiger partial charge in [0.2, 0.25) is 0 Å². The Balaban J connectivity index is 1.70. The lowest BCUT2D eigenvalue weighted by atomic mass is 10.0. The van der Waals surface area contributed by atoms with E-state index in [9.17, 15) is 4.79 Å². The van der Waals surface area contributed by atoms with E-state index in [4.69, 9.17) is 4.74 Å². The Hall–Kier alpha value is -2.34. The van der Waals surface area contributed by atoms with Crippen LogP contribution in [0.5, 0.6) is 0 Å². The Kier molecular flexibility index (Phi) is 5.85. The molecule has 1 N–H and O–H groups in total. The molecule has 1 aromatic carbocycles. The lowest BCUT2D eigenvalue weighted by Crippen LogP contribution is -2.37. The molecule has 1 aromatic heterocycles. The first-order valence-electron chi connectivity index (χ1n) is 9.60. The molecule has 2 heterocycles. The Labute approximate surface area is 161 Å². The molecule has 1 aliphatic heterocycles. The van der Waals surface area contributed by atoms with E-state index in [1.165, 1.54) is 11.1 Å². The first kappa shape index (κ1) is 19.4. The number of amides is 1. The second-order valence-corrected chi connectivity index (χ2v) is 7.45. The van der Waals surface area contributed by atoms with Gasteiger partial charge < -0.3 is 15.0 Å². The molecule has 2 aromatic rings. The van der Waals surface area contributed by atoms with Crippen molar-refractivity contribution in [3.05, 3.63) is 46.3 Å². The summed E-state index contributed by atoms with van der Waals surface area (Å²) in [5.41, 5.74) is 6.40. The molecule has 0 bridgehead atoms. The predicted octanol–water partition coefficient (Wildman–Crippen LogP) is 2.54. The molecule has 1 fully saturated rings. The highest BCUT2D eigenvalue weighted by atomic mass is 16.5. The van der Waals surface area contributed by atoms with Gasteiger partial charge in [-0.05, 0) is 57.4 Å². The summed E-state index contributed by atoms with van der Waals surface area (Å²) in [6, 6.07) is 5.97. The van der Waals surface area contributed by atoms with Gasteiger partial charge in [-0.15, -0.1) is 0 Å². The van der Waals surface area contributed by atoms with Gasteiger partial charge in [-0.3, -0.25) is 9.48 Å². The van der Waals surface area contributed by atoms with Crippen molar-refractivity contribution in [2.75, 3.05) is 31.2 Å². The van der Waals surface area contributed by atoms with Gasteiger partial charge in [-0.2, -0.15) is 5.10 Å². The van der Waals surface area contributed by atoms with Crippen LogP contribution in [0.2, 0.25) is 0 Å². The van der Waals surface area contributed by atoms with E-state index < -0.39 is 0 Å². The largest absolute Gasteiger partial charge is 0.378 e. The Morgan fingerprint density at radius 3 is 2.59 bits per heavy atom. The van der Waals surface area contributed by atoms with Crippen molar-refractivity contribution in [3.8, 4) is 0 Å². The SMILES string of the molecule is Cc1ccc(C(=O)NC(C)Cc2c(C)nn(C)c2C)cc1N1CCOCC1. The van der Waals surface area contributed by atoms with E-state index in [2.05, 4.69) is 29.2 Å². The predicted molar refractivity (Wildman–Crippen MR) is 108 cm³/mol. The van der Waals surface area contributed by atoms with Crippen molar-refractivity contribution in [1.82, 2.24) is 15.1 Å². The Bertz CT molecular complexity index is 822. The molecule has 27 heavy (non-hydrogen) atoms. The molecule has 1 unspecified atom stereocenters. The summed E-state index contributed by atoms with van der Waals surface area (Å²) in [6.45, 7) is 11.4. The summed E-state index contributed by atoms with van der Waals surface area (Å²) in [5.74, 6) is -0.0313. The molecule has 0 radical (unpaired) electrons. The third-order valence-corrected chi connectivity index (χ3v) is 5.37. The maximum atomic E-state index is 12.8. The van der Waals surface area contributed by atoms with Crippen LogP contribution in [-0.2, 0) is 18.2 Å². The molecule has 3 rings (SSSR count). The summed E-state index contributed by atoms with van der Waals surface area (Å²) in [5, 5.41) is 7.60. The molecule has 0 saturated carbocycles. The molecular weight excluding hydrogens is 340 g/mol. The lowest BCUT2D eigenvalue weighted by molar-refractivity contribution is 0.0940. The van der Waals surface area contributed by atoms with Crippen molar-refractivity contribution in [2.45, 2.75) is 40.2 Å². The Morgan fingerprint density at radius 1 is 1.26 bits per heavy atom. The van der Waals surface area contributed by atoms with Gasteiger partial charge in [0.05, 0.1) is 18.9 Å². The second kappa shape index (κ2) is 8.13. The van der Waals surface area contributed by atoms with Gasteiger partial charge >= 0.3 is 0 Å². The third kappa shape index (κ3) is 4.33. The highest BCUT2D eigenvalue weighted by molar-refractivity contribution is 5.95. The number of carbonyl (C=O) groups excluding carboxylic acids is 1. The van der Waals surface area contributed by atoms with Crippen molar-refractivity contribution in [3.63, 3.8) is 0 Å². The van der Waals surface area contributed by atoms with Gasteiger partial charge in [-0.1, -0.05) is 6.07 Å². The zero-order valence-corrected chi connectivity index (χ0v) is 17.0. The van der Waals surface area contributed by atoms with Crippen LogP contribution in [0.15, 0.2) is 18.2 Å². The van der Waals surface area contributed by atoms with E-state index in [1.807, 2.05) is 43.8 Å². The van der Waals surface area contributed by atoms with Gasteiger partial charge in [0.1, 0.15) is 0 Å². The number of anilines is 1. The number of ether oxygens (including phenoxy) is 1. The second-order valence-electron chi connectivity index (χ2n) is 7.45. The number of aromatic nitrogens is 2. The first-order chi connectivity index (χ1) is 12.9. The van der Waals surface area contributed by atoms with E-state index in [1.54, 1.807) is 0 Å². The van der Waals surface area contributed by atoms with Gasteiger partial charge in [-0.25, -0.2) is 0 Å². The number of morpholine rings is 1. The van der Waals surface area contributed by atoms with Gasteiger partial charge in [0.15, 0.2) is 0 Å². The molecule has 6 heteroatoms. The molecule has 0 aliphatic carbocycles. The van der Waals surface area contributed by atoms with E-state index in [0.29, 0.717) is 5.56 Å². The third-order valence-electron chi connectivity index (χ3n) is 5.37. The smallest absolute Gasteiger partial charge is 0.251 e. The van der Waals surface area contributed by atoms with Crippen LogP contribution in [0.25, 0.3) is 0 Å². The average Bonchev–Trinajstić information content (AvgIpc) is 2.89. The molecular formula is C21H30N4O2. The van der Waals surface area contributed by atoms with Crippen molar-refractivity contribution in [1.29, 1.82) is 0 Å². The zero-order valence-electron chi connectivity index (χ0n) is 17.0. The standard InChI is InChI=1S/C21H30N4O2/c1-14-6-7-18(13-20(14)25-8-10-27-11-9-25)21(26)22-15(2)12-19-16(3)23-24(5)17(19)4/h6-7,13,15H,8-12H2,1-5H3,(H,22,26).